The van der Waals surface area contributed by atoms with Crippen molar-refractivity contribution in [1.82, 2.24) is 5.32 Å². The molecule has 1 aliphatic heterocycles. The maximum atomic E-state index is 12.9. The van der Waals surface area contributed by atoms with Gasteiger partial charge in [0, 0.05) is 5.56 Å². The van der Waals surface area contributed by atoms with Crippen molar-refractivity contribution in [1.29, 1.82) is 0 Å². The highest BCUT2D eigenvalue weighted by Crippen LogP contribution is 2.30. The minimum absolute atomic E-state index is 0.170. The van der Waals surface area contributed by atoms with Gasteiger partial charge in [-0.2, -0.15) is 0 Å². The average molecular weight is 448 g/mol. The van der Waals surface area contributed by atoms with Gasteiger partial charge in [-0.05, 0) is 73.7 Å². The molecule has 0 unspecified atom stereocenters. The molecule has 33 heavy (non-hydrogen) atoms. The quantitative estimate of drug-likeness (QED) is 0.418. The first kappa shape index (κ1) is 22.0. The summed E-state index contributed by atoms with van der Waals surface area (Å²) in [6.45, 7) is 2.77. The number of benzene rings is 3. The summed E-state index contributed by atoms with van der Waals surface area (Å²) in [6.07, 6.45) is 0. The van der Waals surface area contributed by atoms with Crippen LogP contribution in [0.5, 0.6) is 11.5 Å². The van der Waals surface area contributed by atoms with Crippen LogP contribution >= 0.6 is 0 Å². The molecule has 3 aromatic carbocycles. The predicted octanol–water partition coefficient (Wildman–Crippen LogP) is 3.83. The Hall–Kier alpha value is -4.20. The summed E-state index contributed by atoms with van der Waals surface area (Å²) in [5.41, 5.74) is 1.09. The smallest absolute Gasteiger partial charge is 0.266 e. The Morgan fingerprint density at radius 2 is 1.52 bits per heavy atom. The number of hydrogen-bond acceptors (Lipinski definition) is 5. The minimum Gasteiger partial charge on any atom is -0.494 e. The molecule has 0 fully saturated rings. The van der Waals surface area contributed by atoms with Crippen LogP contribution < -0.4 is 19.7 Å². The van der Waals surface area contributed by atoms with Crippen molar-refractivity contribution in [3.8, 4) is 11.5 Å². The number of fused-ring (bicyclic) bond motifs is 1. The summed E-state index contributed by atoms with van der Waals surface area (Å²) >= 11 is 0. The van der Waals surface area contributed by atoms with Crippen molar-refractivity contribution in [3.63, 3.8) is 0 Å². The Bertz CT molecular complexity index is 1190. The summed E-state index contributed by atoms with van der Waals surface area (Å²) in [6, 6.07) is 16.6. The number of imide groups is 1. The largest absolute Gasteiger partial charge is 0.494 e. The SMILES string of the molecule is CCOc1ccc(N2C(=O)c3ccc(C(=O)NCCOc4ccc(F)cc4)cc3C2=O)cc1. The molecule has 168 valence electrons. The van der Waals surface area contributed by atoms with Gasteiger partial charge >= 0.3 is 0 Å². The van der Waals surface area contributed by atoms with E-state index in [1.54, 1.807) is 24.3 Å². The highest BCUT2D eigenvalue weighted by molar-refractivity contribution is 6.34. The van der Waals surface area contributed by atoms with E-state index in [4.69, 9.17) is 9.47 Å². The van der Waals surface area contributed by atoms with E-state index in [0.717, 1.165) is 4.90 Å². The summed E-state index contributed by atoms with van der Waals surface area (Å²) in [5.74, 6) is -0.573. The molecule has 0 spiro atoms. The molecule has 4 rings (SSSR count). The lowest BCUT2D eigenvalue weighted by Crippen LogP contribution is -2.29. The van der Waals surface area contributed by atoms with Gasteiger partial charge in [0.1, 0.15) is 23.9 Å². The van der Waals surface area contributed by atoms with Crippen LogP contribution in [0.2, 0.25) is 0 Å². The van der Waals surface area contributed by atoms with Crippen molar-refractivity contribution in [3.05, 3.63) is 89.2 Å². The number of amides is 3. The fourth-order valence-corrected chi connectivity index (χ4v) is 3.44. The van der Waals surface area contributed by atoms with Crippen LogP contribution in [-0.4, -0.2) is 37.5 Å². The summed E-state index contributed by atoms with van der Waals surface area (Å²) in [4.78, 5) is 39.3. The van der Waals surface area contributed by atoms with E-state index in [0.29, 0.717) is 23.8 Å². The number of halogens is 1. The lowest BCUT2D eigenvalue weighted by Gasteiger charge is -2.14. The Morgan fingerprint density at radius 3 is 2.21 bits per heavy atom. The summed E-state index contributed by atoms with van der Waals surface area (Å²) < 4.78 is 23.8. The summed E-state index contributed by atoms with van der Waals surface area (Å²) in [5, 5.41) is 2.70. The van der Waals surface area contributed by atoms with Crippen LogP contribution in [0, 0.1) is 5.82 Å². The van der Waals surface area contributed by atoms with E-state index in [2.05, 4.69) is 5.32 Å². The van der Waals surface area contributed by atoms with E-state index in [-0.39, 0.29) is 35.7 Å². The third kappa shape index (κ3) is 4.69. The zero-order valence-corrected chi connectivity index (χ0v) is 17.8. The molecule has 8 heteroatoms. The molecule has 3 amide bonds. The van der Waals surface area contributed by atoms with Crippen LogP contribution in [0.15, 0.2) is 66.7 Å². The van der Waals surface area contributed by atoms with Gasteiger partial charge in [-0.1, -0.05) is 0 Å². The molecule has 0 radical (unpaired) electrons. The Kier molecular flexibility index (Phi) is 6.35. The second-order valence-electron chi connectivity index (χ2n) is 7.19. The summed E-state index contributed by atoms with van der Waals surface area (Å²) in [7, 11) is 0. The van der Waals surface area contributed by atoms with Crippen LogP contribution in [0.1, 0.15) is 38.0 Å². The molecule has 1 N–H and O–H groups in total. The van der Waals surface area contributed by atoms with Crippen LogP contribution in [0.25, 0.3) is 0 Å². The number of ether oxygens (including phenoxy) is 2. The van der Waals surface area contributed by atoms with Gasteiger partial charge in [0.15, 0.2) is 0 Å². The first-order valence-electron chi connectivity index (χ1n) is 10.4. The lowest BCUT2D eigenvalue weighted by molar-refractivity contribution is 0.0923. The van der Waals surface area contributed by atoms with E-state index in [1.165, 1.54) is 42.5 Å². The van der Waals surface area contributed by atoms with Gasteiger partial charge in [-0.25, -0.2) is 9.29 Å². The van der Waals surface area contributed by atoms with E-state index >= 15 is 0 Å². The Balaban J connectivity index is 1.40. The van der Waals surface area contributed by atoms with Gasteiger partial charge in [0.2, 0.25) is 0 Å². The maximum Gasteiger partial charge on any atom is 0.266 e. The van der Waals surface area contributed by atoms with E-state index in [9.17, 15) is 18.8 Å². The van der Waals surface area contributed by atoms with Gasteiger partial charge in [-0.15, -0.1) is 0 Å². The molecule has 1 aliphatic rings. The monoisotopic (exact) mass is 448 g/mol. The van der Waals surface area contributed by atoms with Crippen LogP contribution in [-0.2, 0) is 0 Å². The number of carbonyl (C=O) groups is 3. The number of nitrogens with one attached hydrogen (secondary N) is 1. The van der Waals surface area contributed by atoms with Crippen molar-refractivity contribution in [2.24, 2.45) is 0 Å². The molecule has 0 saturated heterocycles. The zero-order valence-electron chi connectivity index (χ0n) is 17.8. The van der Waals surface area contributed by atoms with E-state index in [1.807, 2.05) is 6.92 Å². The average Bonchev–Trinajstić information content (AvgIpc) is 3.08. The normalized spacial score (nSPS) is 12.5. The van der Waals surface area contributed by atoms with Crippen LogP contribution in [0.3, 0.4) is 0 Å². The van der Waals surface area contributed by atoms with Gasteiger partial charge in [0.05, 0.1) is 30.0 Å². The molecule has 0 atom stereocenters. The molecule has 1 heterocycles. The second kappa shape index (κ2) is 9.52. The molecule has 0 aliphatic carbocycles. The van der Waals surface area contributed by atoms with Crippen molar-refractivity contribution in [2.45, 2.75) is 6.92 Å². The van der Waals surface area contributed by atoms with E-state index < -0.39 is 17.7 Å². The Labute approximate surface area is 189 Å². The molecule has 0 aromatic heterocycles. The highest BCUT2D eigenvalue weighted by Gasteiger charge is 2.37. The number of carbonyl (C=O) groups excluding carboxylic acids is 3. The van der Waals surface area contributed by atoms with Crippen molar-refractivity contribution >= 4 is 23.4 Å². The Morgan fingerprint density at radius 1 is 0.879 bits per heavy atom. The van der Waals surface area contributed by atoms with Gasteiger partial charge in [-0.3, -0.25) is 14.4 Å². The van der Waals surface area contributed by atoms with Crippen molar-refractivity contribution < 1.29 is 28.2 Å². The third-order valence-electron chi connectivity index (χ3n) is 5.02. The minimum atomic E-state index is -0.492. The predicted molar refractivity (Wildman–Crippen MR) is 119 cm³/mol. The molecule has 0 bridgehead atoms. The van der Waals surface area contributed by atoms with Crippen molar-refractivity contribution in [2.75, 3.05) is 24.7 Å². The standard InChI is InChI=1S/C25H21FN2O5/c1-2-32-19-10-6-18(7-11-19)28-24(30)21-12-3-16(15-22(21)25(28)31)23(29)27-13-14-33-20-8-4-17(26)5-9-20/h3-12,15H,2,13-14H2,1H3,(H,27,29). The van der Waals surface area contributed by atoms with Gasteiger partial charge in [0.25, 0.3) is 17.7 Å². The number of hydrogen-bond donors (Lipinski definition) is 1. The first-order valence-corrected chi connectivity index (χ1v) is 10.4. The molecular weight excluding hydrogens is 427 g/mol. The fourth-order valence-electron chi connectivity index (χ4n) is 3.44. The third-order valence-corrected chi connectivity index (χ3v) is 5.02. The second-order valence-corrected chi connectivity index (χ2v) is 7.19. The molecule has 3 aromatic rings. The maximum absolute atomic E-state index is 12.9. The number of rotatable bonds is 8. The number of anilines is 1. The molecule has 7 nitrogen and oxygen atoms in total. The topological polar surface area (TPSA) is 84.9 Å². The zero-order chi connectivity index (χ0) is 23.4. The lowest BCUT2D eigenvalue weighted by atomic mass is 10.1. The molecular formula is C25H21FN2O5. The highest BCUT2D eigenvalue weighted by atomic mass is 19.1. The van der Waals surface area contributed by atoms with Crippen LogP contribution in [0.4, 0.5) is 10.1 Å². The first-order chi connectivity index (χ1) is 16.0. The number of nitrogens with zero attached hydrogens (tertiary/aromatic N) is 1. The van der Waals surface area contributed by atoms with Gasteiger partial charge < -0.3 is 14.8 Å². The fraction of sp³-hybridized carbons (Fsp3) is 0.160. The molecule has 0 saturated carbocycles.